The zero-order chi connectivity index (χ0) is 25.6. The largest absolute Gasteiger partial charge is 0.497 e. The highest BCUT2D eigenvalue weighted by Gasteiger charge is 2.13. The first kappa shape index (κ1) is 28.2. The Morgan fingerprint density at radius 2 is 1.59 bits per heavy atom. The van der Waals surface area contributed by atoms with Crippen molar-refractivity contribution in [2.45, 2.75) is 32.4 Å². The Labute approximate surface area is 199 Å². The maximum atomic E-state index is 10.1. The molecule has 0 aromatic heterocycles. The number of nitrogens with one attached hydrogen (secondary N) is 1. The molecule has 0 aliphatic rings. The van der Waals surface area contributed by atoms with E-state index in [4.69, 9.17) is 19.7 Å². The summed E-state index contributed by atoms with van der Waals surface area (Å²) in [4.78, 5) is 19.1. The van der Waals surface area contributed by atoms with Gasteiger partial charge in [0.1, 0.15) is 24.2 Å². The third kappa shape index (κ3) is 12.9. The maximum absolute atomic E-state index is 10.1. The van der Waals surface area contributed by atoms with Gasteiger partial charge in [0.05, 0.1) is 12.7 Å². The van der Waals surface area contributed by atoms with E-state index in [9.17, 15) is 14.7 Å². The first-order valence-corrected chi connectivity index (χ1v) is 10.4. The van der Waals surface area contributed by atoms with E-state index >= 15 is 0 Å². The number of para-hydroxylation sites is 1. The van der Waals surface area contributed by atoms with Crippen molar-refractivity contribution in [3.8, 4) is 23.3 Å². The summed E-state index contributed by atoms with van der Waals surface area (Å²) in [6.07, 6.45) is 0.529. The third-order valence-electron chi connectivity index (χ3n) is 3.99. The number of methoxy groups -OCH3 is 1. The monoisotopic (exact) mass is 469 g/mol. The van der Waals surface area contributed by atoms with Gasteiger partial charge >= 0.3 is 11.9 Å². The molecule has 2 aromatic carbocycles. The number of aliphatic hydroxyl groups is 1. The fraction of sp³-hybridized carbons (Fsp3) is 0.308. The smallest absolute Gasteiger partial charge is 0.328 e. The van der Waals surface area contributed by atoms with E-state index in [0.29, 0.717) is 24.4 Å². The molecular formula is C26H31NO7. The van der Waals surface area contributed by atoms with Crippen LogP contribution >= 0.6 is 0 Å². The molecule has 8 heteroatoms. The van der Waals surface area contributed by atoms with E-state index in [1.807, 2.05) is 48.5 Å². The van der Waals surface area contributed by atoms with Crippen LogP contribution in [-0.2, 0) is 9.59 Å². The zero-order valence-electron chi connectivity index (χ0n) is 19.7. The number of carboxylic acids is 2. The van der Waals surface area contributed by atoms with Crippen molar-refractivity contribution in [2.24, 2.45) is 0 Å². The molecule has 2 aromatic rings. The van der Waals surface area contributed by atoms with Crippen molar-refractivity contribution < 1.29 is 34.4 Å². The quantitative estimate of drug-likeness (QED) is 0.344. The molecule has 34 heavy (non-hydrogen) atoms. The van der Waals surface area contributed by atoms with Crippen LogP contribution in [0.25, 0.3) is 0 Å². The second-order valence-corrected chi connectivity index (χ2v) is 8.08. The highest BCUT2D eigenvalue weighted by molar-refractivity contribution is 5.89. The van der Waals surface area contributed by atoms with Gasteiger partial charge in [0, 0.05) is 29.8 Å². The van der Waals surface area contributed by atoms with Gasteiger partial charge in [-0.05, 0) is 57.2 Å². The van der Waals surface area contributed by atoms with Crippen molar-refractivity contribution >= 4 is 11.9 Å². The van der Waals surface area contributed by atoms with Gasteiger partial charge in [-0.15, -0.1) is 0 Å². The summed E-state index contributed by atoms with van der Waals surface area (Å²) in [5.41, 5.74) is 1.65. The molecule has 0 heterocycles. The van der Waals surface area contributed by atoms with Crippen LogP contribution in [0.1, 0.15) is 31.9 Å². The van der Waals surface area contributed by atoms with E-state index in [2.05, 4.69) is 37.9 Å². The summed E-state index contributed by atoms with van der Waals surface area (Å²) < 4.78 is 10.9. The lowest BCUT2D eigenvalue weighted by molar-refractivity contribution is -0.134. The molecule has 0 saturated carbocycles. The molecule has 0 amide bonds. The Bertz CT molecular complexity index is 996. The van der Waals surface area contributed by atoms with Crippen molar-refractivity contribution in [1.82, 2.24) is 5.32 Å². The molecule has 0 saturated heterocycles. The second-order valence-electron chi connectivity index (χ2n) is 8.08. The van der Waals surface area contributed by atoms with Crippen molar-refractivity contribution in [2.75, 3.05) is 20.3 Å². The molecule has 0 aliphatic carbocycles. The van der Waals surface area contributed by atoms with Crippen LogP contribution in [0.2, 0.25) is 0 Å². The molecule has 0 bridgehead atoms. The SMILES string of the molecule is COc1ccc(C#Cc2ccccc2OCC(O)CNC(C)(C)C)cc1.O=C(O)C=CC(=O)O. The van der Waals surface area contributed by atoms with Crippen LogP contribution in [0, 0.1) is 11.8 Å². The molecule has 0 aliphatic heterocycles. The number of rotatable bonds is 8. The van der Waals surface area contributed by atoms with Gasteiger partial charge in [0.2, 0.25) is 0 Å². The number of aliphatic carboxylic acids is 2. The number of aliphatic hydroxyl groups excluding tert-OH is 1. The van der Waals surface area contributed by atoms with Crippen molar-refractivity contribution in [3.05, 3.63) is 71.8 Å². The summed E-state index contributed by atoms with van der Waals surface area (Å²) in [5, 5.41) is 29.0. The third-order valence-corrected chi connectivity index (χ3v) is 3.99. The highest BCUT2D eigenvalue weighted by Crippen LogP contribution is 2.17. The average molecular weight is 470 g/mol. The van der Waals surface area contributed by atoms with Gasteiger partial charge < -0.3 is 30.1 Å². The summed E-state index contributed by atoms with van der Waals surface area (Å²) >= 11 is 0. The van der Waals surface area contributed by atoms with Crippen LogP contribution in [-0.4, -0.2) is 59.2 Å². The Morgan fingerprint density at radius 3 is 2.12 bits per heavy atom. The molecule has 0 fully saturated rings. The molecule has 1 atom stereocenters. The van der Waals surface area contributed by atoms with E-state index in [-0.39, 0.29) is 12.1 Å². The summed E-state index contributed by atoms with van der Waals surface area (Å²) in [6, 6.07) is 15.2. The molecule has 0 radical (unpaired) electrons. The Kier molecular flexibility index (Phi) is 11.9. The van der Waals surface area contributed by atoms with Gasteiger partial charge in [0.25, 0.3) is 0 Å². The first-order chi connectivity index (χ1) is 16.0. The van der Waals surface area contributed by atoms with Gasteiger partial charge in [-0.2, -0.15) is 0 Å². The Balaban J connectivity index is 0.000000620. The van der Waals surface area contributed by atoms with Gasteiger partial charge in [-0.1, -0.05) is 24.0 Å². The van der Waals surface area contributed by atoms with Gasteiger partial charge in [-0.25, -0.2) is 9.59 Å². The number of β-amino-alcohol motifs (C(OH)–C–C–N with tert-alkyl or cyclic N) is 1. The summed E-state index contributed by atoms with van der Waals surface area (Å²) in [7, 11) is 1.64. The lowest BCUT2D eigenvalue weighted by Crippen LogP contribution is -2.42. The van der Waals surface area contributed by atoms with E-state index in [1.165, 1.54) is 0 Å². The summed E-state index contributed by atoms with van der Waals surface area (Å²) in [6.45, 7) is 6.87. The highest BCUT2D eigenvalue weighted by atomic mass is 16.5. The average Bonchev–Trinajstić information content (AvgIpc) is 2.79. The van der Waals surface area contributed by atoms with Gasteiger partial charge in [0.15, 0.2) is 0 Å². The van der Waals surface area contributed by atoms with Crippen LogP contribution < -0.4 is 14.8 Å². The minimum Gasteiger partial charge on any atom is -0.497 e. The lowest BCUT2D eigenvalue weighted by Gasteiger charge is -2.23. The topological polar surface area (TPSA) is 125 Å². The minimum absolute atomic E-state index is 0.0390. The fourth-order valence-corrected chi connectivity index (χ4v) is 2.32. The van der Waals surface area contributed by atoms with Gasteiger partial charge in [-0.3, -0.25) is 0 Å². The Hall–Kier alpha value is -3.80. The molecular weight excluding hydrogens is 438 g/mol. The van der Waals surface area contributed by atoms with Crippen LogP contribution in [0.5, 0.6) is 11.5 Å². The van der Waals surface area contributed by atoms with E-state index in [1.54, 1.807) is 7.11 Å². The molecule has 182 valence electrons. The van der Waals surface area contributed by atoms with Crippen LogP contribution in [0.15, 0.2) is 60.7 Å². The first-order valence-electron chi connectivity index (χ1n) is 10.4. The lowest BCUT2D eigenvalue weighted by atomic mass is 10.1. The predicted molar refractivity (Wildman–Crippen MR) is 129 cm³/mol. The number of benzene rings is 2. The zero-order valence-corrected chi connectivity index (χ0v) is 19.7. The standard InChI is InChI=1S/C22H27NO3.C4H4O4/c1-22(2,3)23-15-19(24)16-26-21-8-6-5-7-18(21)12-9-17-10-13-20(25-4)14-11-17;5-3(6)1-2-4(7)8/h5-8,10-11,13-14,19,23-24H,15-16H2,1-4H3;1-2H,(H,5,6)(H,7,8). The number of carboxylic acid groups (broad SMARTS) is 2. The Morgan fingerprint density at radius 1 is 1.00 bits per heavy atom. The number of hydrogen-bond acceptors (Lipinski definition) is 6. The molecule has 2 rings (SSSR count). The molecule has 1 unspecified atom stereocenters. The number of hydrogen-bond donors (Lipinski definition) is 4. The van der Waals surface area contributed by atoms with E-state index < -0.39 is 18.0 Å². The van der Waals surface area contributed by atoms with Crippen molar-refractivity contribution in [3.63, 3.8) is 0 Å². The fourth-order valence-electron chi connectivity index (χ4n) is 2.32. The number of ether oxygens (including phenoxy) is 2. The van der Waals surface area contributed by atoms with Crippen LogP contribution in [0.4, 0.5) is 0 Å². The second kappa shape index (κ2) is 14.4. The summed E-state index contributed by atoms with van der Waals surface area (Å²) in [5.74, 6) is 5.22. The van der Waals surface area contributed by atoms with E-state index in [0.717, 1.165) is 16.9 Å². The van der Waals surface area contributed by atoms with Crippen LogP contribution in [0.3, 0.4) is 0 Å². The van der Waals surface area contributed by atoms with Crippen molar-refractivity contribution in [1.29, 1.82) is 0 Å². The molecule has 8 nitrogen and oxygen atoms in total. The minimum atomic E-state index is -1.26. The normalized spacial score (nSPS) is 11.4. The predicted octanol–water partition coefficient (Wildman–Crippen LogP) is 2.93. The molecule has 4 N–H and O–H groups in total. The number of carbonyl (C=O) groups is 2. The molecule has 0 spiro atoms. The maximum Gasteiger partial charge on any atom is 0.328 e.